The van der Waals surface area contributed by atoms with Crippen LogP contribution in [0, 0.1) is 0 Å². The van der Waals surface area contributed by atoms with E-state index in [4.69, 9.17) is 0 Å². The zero-order valence-electron chi connectivity index (χ0n) is 11.5. The minimum atomic E-state index is 0.00338. The van der Waals surface area contributed by atoms with Crippen molar-refractivity contribution in [3.05, 3.63) is 27.9 Å². The number of nitrogens with zero attached hydrogens (tertiary/aromatic N) is 1. The van der Waals surface area contributed by atoms with E-state index in [0.29, 0.717) is 18.0 Å². The summed E-state index contributed by atoms with van der Waals surface area (Å²) in [6.45, 7) is 6.82. The summed E-state index contributed by atoms with van der Waals surface area (Å²) in [5, 5.41) is 3.31. The maximum absolute atomic E-state index is 12.0. The predicted octanol–water partition coefficient (Wildman–Crippen LogP) is 2.32. The van der Waals surface area contributed by atoms with Crippen LogP contribution in [0.15, 0.2) is 11.0 Å². The van der Waals surface area contributed by atoms with Crippen molar-refractivity contribution in [1.82, 2.24) is 15.3 Å². The Morgan fingerprint density at radius 3 is 2.61 bits per heavy atom. The first kappa shape index (κ1) is 13.3. The number of hydrogen-bond acceptors (Lipinski definition) is 3. The lowest BCUT2D eigenvalue weighted by Crippen LogP contribution is -2.37. The Hall–Kier alpha value is -1.16. The molecule has 1 heterocycles. The van der Waals surface area contributed by atoms with E-state index in [1.54, 1.807) is 6.20 Å². The minimum absolute atomic E-state index is 0.00338. The first-order chi connectivity index (χ1) is 8.46. The van der Waals surface area contributed by atoms with Crippen LogP contribution in [-0.4, -0.2) is 15.5 Å². The van der Waals surface area contributed by atoms with E-state index in [0.717, 1.165) is 18.7 Å². The predicted molar refractivity (Wildman–Crippen MR) is 72.7 cm³/mol. The van der Waals surface area contributed by atoms with E-state index in [1.807, 2.05) is 0 Å². The van der Waals surface area contributed by atoms with Gasteiger partial charge < -0.3 is 10.3 Å². The van der Waals surface area contributed by atoms with Gasteiger partial charge in [-0.2, -0.15) is 0 Å². The zero-order chi connectivity index (χ0) is 13.2. The van der Waals surface area contributed by atoms with Gasteiger partial charge in [-0.15, -0.1) is 0 Å². The van der Waals surface area contributed by atoms with Crippen LogP contribution in [0.3, 0.4) is 0 Å². The quantitative estimate of drug-likeness (QED) is 0.864. The van der Waals surface area contributed by atoms with Gasteiger partial charge >= 0.3 is 0 Å². The molecule has 0 spiro atoms. The van der Waals surface area contributed by atoms with Crippen molar-refractivity contribution in [2.45, 2.75) is 64.5 Å². The zero-order valence-corrected chi connectivity index (χ0v) is 11.5. The Labute approximate surface area is 108 Å². The Kier molecular flexibility index (Phi) is 3.85. The number of nitrogens with one attached hydrogen (secondary N) is 2. The molecule has 0 radical (unpaired) electrons. The molecule has 1 aromatic heterocycles. The lowest BCUT2D eigenvalue weighted by molar-refractivity contribution is 0.422. The van der Waals surface area contributed by atoms with E-state index >= 15 is 0 Å². The molecule has 0 aliphatic heterocycles. The molecule has 100 valence electrons. The number of aromatic nitrogens is 2. The normalized spacial score (nSPS) is 17.3. The highest BCUT2D eigenvalue weighted by Crippen LogP contribution is 2.31. The van der Waals surface area contributed by atoms with Gasteiger partial charge in [0, 0.05) is 29.8 Å². The standard InChI is InChI=1S/C14H23N3O/c1-14(2,3)16-9-11-8-15-12(17-13(11)18)10-6-4-5-7-10/h8,10,16H,4-7,9H2,1-3H3,(H,15,17,18). The fourth-order valence-electron chi connectivity index (χ4n) is 2.33. The molecule has 0 aromatic carbocycles. The van der Waals surface area contributed by atoms with Crippen molar-refractivity contribution in [3.8, 4) is 0 Å². The fourth-order valence-corrected chi connectivity index (χ4v) is 2.33. The van der Waals surface area contributed by atoms with Crippen LogP contribution in [0.2, 0.25) is 0 Å². The van der Waals surface area contributed by atoms with Crippen molar-refractivity contribution < 1.29 is 0 Å². The molecular weight excluding hydrogens is 226 g/mol. The summed E-state index contributed by atoms with van der Waals surface area (Å²) in [6.07, 6.45) is 6.54. The molecule has 0 amide bonds. The van der Waals surface area contributed by atoms with Crippen molar-refractivity contribution in [2.75, 3.05) is 0 Å². The van der Waals surface area contributed by atoms with Crippen LogP contribution in [0.5, 0.6) is 0 Å². The van der Waals surface area contributed by atoms with Crippen LogP contribution in [0.4, 0.5) is 0 Å². The highest BCUT2D eigenvalue weighted by molar-refractivity contribution is 5.09. The molecule has 4 nitrogen and oxygen atoms in total. The summed E-state index contributed by atoms with van der Waals surface area (Å²) in [6, 6.07) is 0. The van der Waals surface area contributed by atoms with Gasteiger partial charge in [0.25, 0.3) is 5.56 Å². The van der Waals surface area contributed by atoms with E-state index < -0.39 is 0 Å². The summed E-state index contributed by atoms with van der Waals surface area (Å²) in [5.41, 5.74) is 0.728. The summed E-state index contributed by atoms with van der Waals surface area (Å²) >= 11 is 0. The van der Waals surface area contributed by atoms with Gasteiger partial charge in [0.15, 0.2) is 0 Å². The van der Waals surface area contributed by atoms with Crippen molar-refractivity contribution in [1.29, 1.82) is 0 Å². The van der Waals surface area contributed by atoms with Gasteiger partial charge in [-0.05, 0) is 33.6 Å². The molecule has 4 heteroatoms. The largest absolute Gasteiger partial charge is 0.310 e. The molecular formula is C14H23N3O. The van der Waals surface area contributed by atoms with Crippen molar-refractivity contribution in [2.24, 2.45) is 0 Å². The molecule has 1 aliphatic carbocycles. The Morgan fingerprint density at radius 1 is 1.39 bits per heavy atom. The SMILES string of the molecule is CC(C)(C)NCc1cnc(C2CCCC2)[nH]c1=O. The van der Waals surface area contributed by atoms with Gasteiger partial charge in [0.1, 0.15) is 5.82 Å². The third-order valence-corrected chi connectivity index (χ3v) is 3.44. The van der Waals surface area contributed by atoms with Gasteiger partial charge in [-0.25, -0.2) is 4.98 Å². The van der Waals surface area contributed by atoms with E-state index in [9.17, 15) is 4.79 Å². The van der Waals surface area contributed by atoms with Crippen LogP contribution in [0.25, 0.3) is 0 Å². The Bertz CT molecular complexity index is 453. The van der Waals surface area contributed by atoms with Gasteiger partial charge in [-0.3, -0.25) is 4.79 Å². The number of aromatic amines is 1. The van der Waals surface area contributed by atoms with Gasteiger partial charge in [-0.1, -0.05) is 12.8 Å². The van der Waals surface area contributed by atoms with Crippen LogP contribution in [-0.2, 0) is 6.54 Å². The molecule has 0 bridgehead atoms. The van der Waals surface area contributed by atoms with Gasteiger partial charge in [0.2, 0.25) is 0 Å². The number of rotatable bonds is 3. The van der Waals surface area contributed by atoms with E-state index in [1.165, 1.54) is 12.8 Å². The Balaban J connectivity index is 2.08. The smallest absolute Gasteiger partial charge is 0.255 e. The molecule has 1 aliphatic rings. The molecule has 18 heavy (non-hydrogen) atoms. The molecule has 0 unspecified atom stereocenters. The van der Waals surface area contributed by atoms with Crippen LogP contribution in [0.1, 0.15) is 63.8 Å². The average Bonchev–Trinajstić information content (AvgIpc) is 2.79. The van der Waals surface area contributed by atoms with Crippen LogP contribution >= 0.6 is 0 Å². The molecule has 2 N–H and O–H groups in total. The van der Waals surface area contributed by atoms with Gasteiger partial charge in [0.05, 0.1) is 0 Å². The van der Waals surface area contributed by atoms with Crippen LogP contribution < -0.4 is 10.9 Å². The molecule has 1 aromatic rings. The third-order valence-electron chi connectivity index (χ3n) is 3.44. The summed E-state index contributed by atoms with van der Waals surface area (Å²) in [7, 11) is 0. The number of H-pyrrole nitrogens is 1. The Morgan fingerprint density at radius 2 is 2.06 bits per heavy atom. The second kappa shape index (κ2) is 5.22. The second-order valence-electron chi connectivity index (χ2n) is 6.21. The highest BCUT2D eigenvalue weighted by Gasteiger charge is 2.19. The summed E-state index contributed by atoms with van der Waals surface area (Å²) in [5.74, 6) is 1.33. The number of hydrogen-bond donors (Lipinski definition) is 2. The lowest BCUT2D eigenvalue weighted by atomic mass is 10.1. The first-order valence-electron chi connectivity index (χ1n) is 6.79. The molecule has 0 atom stereocenters. The fraction of sp³-hybridized carbons (Fsp3) is 0.714. The maximum Gasteiger partial charge on any atom is 0.255 e. The van der Waals surface area contributed by atoms with Crippen molar-refractivity contribution >= 4 is 0 Å². The third kappa shape index (κ3) is 3.42. The summed E-state index contributed by atoms with van der Waals surface area (Å²) < 4.78 is 0. The van der Waals surface area contributed by atoms with E-state index in [2.05, 4.69) is 36.1 Å². The highest BCUT2D eigenvalue weighted by atomic mass is 16.1. The van der Waals surface area contributed by atoms with Crippen molar-refractivity contribution in [3.63, 3.8) is 0 Å². The maximum atomic E-state index is 12.0. The molecule has 0 saturated heterocycles. The average molecular weight is 249 g/mol. The molecule has 2 rings (SSSR count). The first-order valence-corrected chi connectivity index (χ1v) is 6.79. The minimum Gasteiger partial charge on any atom is -0.310 e. The molecule has 1 saturated carbocycles. The summed E-state index contributed by atoms with van der Waals surface area (Å²) in [4.78, 5) is 19.4. The second-order valence-corrected chi connectivity index (χ2v) is 6.21. The molecule has 1 fully saturated rings. The monoisotopic (exact) mass is 249 g/mol. The lowest BCUT2D eigenvalue weighted by Gasteiger charge is -2.20. The topological polar surface area (TPSA) is 57.8 Å². The van der Waals surface area contributed by atoms with E-state index in [-0.39, 0.29) is 11.1 Å².